The quantitative estimate of drug-likeness (QED) is 0.455. The number of methoxy groups -OCH3 is 1. The van der Waals surface area contributed by atoms with Crippen molar-refractivity contribution in [2.24, 2.45) is 0 Å². The van der Waals surface area contributed by atoms with Crippen LogP contribution in [0, 0.1) is 0 Å². The summed E-state index contributed by atoms with van der Waals surface area (Å²) in [5.74, 6) is -4.03. The van der Waals surface area contributed by atoms with E-state index >= 15 is 0 Å². The summed E-state index contributed by atoms with van der Waals surface area (Å²) >= 11 is 0. The Hall–Kier alpha value is -0.570. The number of aliphatic hydroxyl groups excluding tert-OH is 1. The molecule has 0 saturated carbocycles. The number of hydrogen-bond donors (Lipinski definition) is 4. The van der Waals surface area contributed by atoms with Gasteiger partial charge in [-0.25, -0.2) is 14.0 Å². The van der Waals surface area contributed by atoms with Crippen molar-refractivity contribution in [3.8, 4) is 0 Å². The number of aliphatic hydroxyl groups is 1. The summed E-state index contributed by atoms with van der Waals surface area (Å²) in [6.45, 7) is 1.15. The number of carbonyl (C=O) groups is 1. The topological polar surface area (TPSA) is 125 Å². The second kappa shape index (κ2) is 6.55. The molecule has 0 aliphatic rings. The minimum absolute atomic E-state index is 0.950. The number of carboxylic acids is 1. The number of carboxylic acid groups (broad SMARTS) is 1. The smallest absolute Gasteiger partial charge is 0.403 e. The van der Waals surface area contributed by atoms with E-state index in [4.69, 9.17) is 10.2 Å². The van der Waals surface area contributed by atoms with Gasteiger partial charge in [-0.1, -0.05) is 0 Å². The second-order valence-corrected chi connectivity index (χ2v) is 5.21. The number of aliphatic carboxylic acids is 1. The molecule has 0 fully saturated rings. The molecule has 18 heavy (non-hydrogen) atoms. The maximum Gasteiger partial charge on any atom is 0.403 e. The van der Waals surface area contributed by atoms with E-state index in [0.717, 1.165) is 21.0 Å². The van der Waals surface area contributed by atoms with Crippen LogP contribution in [0.3, 0.4) is 0 Å². The third-order valence-electron chi connectivity index (χ3n) is 2.13. The highest BCUT2D eigenvalue weighted by Gasteiger charge is 2.39. The van der Waals surface area contributed by atoms with Crippen molar-refractivity contribution in [3.63, 3.8) is 0 Å². The fourth-order valence-electron chi connectivity index (χ4n) is 0.863. The van der Waals surface area contributed by atoms with Crippen LogP contribution in [0.1, 0.15) is 13.8 Å². The van der Waals surface area contributed by atoms with Gasteiger partial charge < -0.3 is 19.8 Å². The average molecular weight is 289 g/mol. The lowest BCUT2D eigenvalue weighted by Crippen LogP contribution is -2.43. The number of halogens is 1. The predicted molar refractivity (Wildman–Crippen MR) is 58.5 cm³/mol. The summed E-state index contributed by atoms with van der Waals surface area (Å²) in [6.07, 6.45) is -1.60. The highest BCUT2D eigenvalue weighted by Crippen LogP contribution is 2.39. The lowest BCUT2D eigenvalue weighted by Gasteiger charge is -2.27. The molecule has 2 unspecified atom stereocenters. The van der Waals surface area contributed by atoms with Crippen molar-refractivity contribution in [2.75, 3.05) is 13.7 Å². The highest BCUT2D eigenvalue weighted by molar-refractivity contribution is 7.50. The molecular formula is C8H17FNO7P. The van der Waals surface area contributed by atoms with E-state index < -0.39 is 38.3 Å². The second-order valence-electron chi connectivity index (χ2n) is 3.65. The van der Waals surface area contributed by atoms with Crippen LogP contribution in [0.25, 0.3) is 0 Å². The zero-order valence-electron chi connectivity index (χ0n) is 10.2. The molecule has 108 valence electrons. The molecule has 0 bridgehead atoms. The molecule has 0 aromatic rings. The summed E-state index contributed by atoms with van der Waals surface area (Å²) in [5, 5.41) is 19.4. The minimum Gasteiger partial charge on any atom is -0.480 e. The van der Waals surface area contributed by atoms with Crippen molar-refractivity contribution >= 4 is 13.7 Å². The van der Waals surface area contributed by atoms with E-state index in [-0.39, 0.29) is 0 Å². The fourth-order valence-corrected chi connectivity index (χ4v) is 1.89. The number of rotatable bonds is 8. The van der Waals surface area contributed by atoms with E-state index in [1.54, 1.807) is 5.09 Å². The number of ether oxygens (including phenoxy) is 1. The first kappa shape index (κ1) is 17.4. The fraction of sp³-hybridized carbons (Fsp3) is 0.875. The van der Waals surface area contributed by atoms with Crippen LogP contribution < -0.4 is 5.09 Å². The summed E-state index contributed by atoms with van der Waals surface area (Å²) in [5.41, 5.74) is 0. The Kier molecular flexibility index (Phi) is 6.35. The predicted octanol–water partition coefficient (Wildman–Crippen LogP) is -0.141. The van der Waals surface area contributed by atoms with Gasteiger partial charge in [-0.2, -0.15) is 0 Å². The molecule has 0 heterocycles. The van der Waals surface area contributed by atoms with Crippen molar-refractivity contribution in [1.82, 2.24) is 5.09 Å². The third kappa shape index (κ3) is 5.38. The number of hydrogen-bond acceptors (Lipinski definition) is 5. The minimum atomic E-state index is -4.51. The SMILES string of the molecule is CO[C@](F)(COP(=O)(O)NC(C)C(=O)O)[C@H](C)O. The van der Waals surface area contributed by atoms with Gasteiger partial charge in [0.05, 0.1) is 0 Å². The zero-order chi connectivity index (χ0) is 14.6. The van der Waals surface area contributed by atoms with Crippen LogP contribution in [-0.4, -0.2) is 52.8 Å². The van der Waals surface area contributed by atoms with Gasteiger partial charge in [0.2, 0.25) is 0 Å². The molecule has 0 aliphatic heterocycles. The zero-order valence-corrected chi connectivity index (χ0v) is 11.1. The Balaban J connectivity index is 4.51. The molecule has 0 saturated heterocycles. The first-order valence-corrected chi connectivity index (χ1v) is 6.52. The van der Waals surface area contributed by atoms with Crippen molar-refractivity contribution < 1.29 is 38.1 Å². The van der Waals surface area contributed by atoms with Crippen LogP contribution in [0.15, 0.2) is 0 Å². The van der Waals surface area contributed by atoms with Crippen molar-refractivity contribution in [1.29, 1.82) is 0 Å². The molecule has 0 radical (unpaired) electrons. The Labute approximate surface area is 103 Å². The molecule has 0 aliphatic carbocycles. The molecular weight excluding hydrogens is 272 g/mol. The molecule has 0 rings (SSSR count). The van der Waals surface area contributed by atoms with Gasteiger partial charge in [-0.3, -0.25) is 9.32 Å². The molecule has 10 heteroatoms. The molecule has 0 spiro atoms. The maximum atomic E-state index is 13.7. The lowest BCUT2D eigenvalue weighted by molar-refractivity contribution is -0.202. The monoisotopic (exact) mass is 289 g/mol. The highest BCUT2D eigenvalue weighted by atomic mass is 31.2. The molecule has 0 aromatic heterocycles. The van der Waals surface area contributed by atoms with Gasteiger partial charge in [0.1, 0.15) is 18.8 Å². The van der Waals surface area contributed by atoms with Gasteiger partial charge in [0.15, 0.2) is 0 Å². The molecule has 4 atom stereocenters. The average Bonchev–Trinajstić information content (AvgIpc) is 2.25. The Morgan fingerprint density at radius 2 is 2.06 bits per heavy atom. The molecule has 8 nitrogen and oxygen atoms in total. The van der Waals surface area contributed by atoms with Crippen LogP contribution in [0.5, 0.6) is 0 Å². The van der Waals surface area contributed by atoms with E-state index in [1.807, 2.05) is 0 Å². The first-order valence-electron chi connectivity index (χ1n) is 4.94. The summed E-state index contributed by atoms with van der Waals surface area (Å²) < 4.78 is 33.7. The first-order chi connectivity index (χ1) is 8.04. The van der Waals surface area contributed by atoms with E-state index in [1.165, 1.54) is 0 Å². The van der Waals surface area contributed by atoms with Crippen LogP contribution >= 0.6 is 7.75 Å². The number of nitrogens with one attached hydrogen (secondary N) is 1. The van der Waals surface area contributed by atoms with Crippen LogP contribution in [-0.2, 0) is 18.6 Å². The van der Waals surface area contributed by atoms with Gasteiger partial charge in [0.25, 0.3) is 5.85 Å². The van der Waals surface area contributed by atoms with Crippen molar-refractivity contribution in [2.45, 2.75) is 31.8 Å². The molecule has 4 N–H and O–H groups in total. The molecule has 0 aromatic carbocycles. The van der Waals surface area contributed by atoms with Crippen LogP contribution in [0.4, 0.5) is 4.39 Å². The Bertz CT molecular complexity index is 339. The normalized spacial score (nSPS) is 21.7. The van der Waals surface area contributed by atoms with Gasteiger partial charge >= 0.3 is 13.7 Å². The van der Waals surface area contributed by atoms with Gasteiger partial charge in [-0.15, -0.1) is 0 Å². The van der Waals surface area contributed by atoms with Gasteiger partial charge in [0, 0.05) is 7.11 Å². The Morgan fingerprint density at radius 1 is 1.56 bits per heavy atom. The third-order valence-corrected chi connectivity index (χ3v) is 3.32. The van der Waals surface area contributed by atoms with Gasteiger partial charge in [-0.05, 0) is 13.8 Å². The maximum absolute atomic E-state index is 13.7. The summed E-state index contributed by atoms with van der Waals surface area (Å²) in [7, 11) is -3.56. The van der Waals surface area contributed by atoms with E-state index in [2.05, 4.69) is 9.26 Å². The van der Waals surface area contributed by atoms with Crippen molar-refractivity contribution in [3.05, 3.63) is 0 Å². The lowest BCUT2D eigenvalue weighted by atomic mass is 10.2. The van der Waals surface area contributed by atoms with E-state index in [0.29, 0.717) is 0 Å². The summed E-state index contributed by atoms with van der Waals surface area (Å²) in [4.78, 5) is 19.7. The Morgan fingerprint density at radius 3 is 2.39 bits per heavy atom. The molecule has 0 amide bonds. The summed E-state index contributed by atoms with van der Waals surface area (Å²) in [6, 6.07) is -1.36. The largest absolute Gasteiger partial charge is 0.480 e. The van der Waals surface area contributed by atoms with E-state index in [9.17, 15) is 18.6 Å². The standard InChI is InChI=1S/C8H17FNO7P/c1-5(7(12)13)10-18(14,15)17-4-8(9,16-3)6(2)11/h5-6,11H,4H2,1-3H3,(H,12,13)(H2,10,14,15)/t5?,6-,8+/m0/s1. The van der Waals surface area contributed by atoms with Crippen LogP contribution in [0.2, 0.25) is 0 Å². The number of alkyl halides is 1.